The third-order valence-electron chi connectivity index (χ3n) is 5.77. The Morgan fingerprint density at radius 3 is 2.15 bits per heavy atom. The second-order valence-corrected chi connectivity index (χ2v) is 8.53. The first-order valence-electron chi connectivity index (χ1n) is 11.1. The Morgan fingerprint density at radius 2 is 1.55 bits per heavy atom. The smallest absolute Gasteiger partial charge is 0.408 e. The number of para-hydroxylation sites is 1. The minimum absolute atomic E-state index is 0.219. The molecule has 33 heavy (non-hydrogen) atoms. The number of ether oxygens (including phenoxy) is 1. The quantitative estimate of drug-likeness (QED) is 0.342. The third-order valence-corrected chi connectivity index (χ3v) is 6.16. The fourth-order valence-electron chi connectivity index (χ4n) is 3.39. The van der Waals surface area contributed by atoms with E-state index < -0.39 is 11.7 Å². The number of anilines is 1. The molecule has 2 amide bonds. The molecule has 0 fully saturated rings. The number of carbonyl (C=O) groups is 2. The maximum absolute atomic E-state index is 12.5. The molecule has 0 heterocycles. The largest absolute Gasteiger partial charge is 0.438 e. The van der Waals surface area contributed by atoms with Gasteiger partial charge >= 0.3 is 6.09 Å². The SMILES string of the molecule is CCc1ccc([C@](C)(CC)OC(=O)NCc2ccc(C(=O)Nc3ccccc3S)cc2)cc1. The van der Waals surface area contributed by atoms with Crippen LogP contribution in [0.25, 0.3) is 0 Å². The molecule has 0 aromatic heterocycles. The van der Waals surface area contributed by atoms with E-state index in [0.29, 0.717) is 29.1 Å². The van der Waals surface area contributed by atoms with E-state index in [9.17, 15) is 9.59 Å². The Kier molecular flexibility index (Phi) is 8.17. The molecule has 1 atom stereocenters. The standard InChI is InChI=1S/C27H30N2O3S/c1-4-19-12-16-22(17-13-19)27(3,5-2)32-26(31)28-18-20-10-14-21(15-11-20)25(30)29-23-8-6-7-9-24(23)33/h6-17,33H,4-5,18H2,1-3H3,(H,28,31)(H,29,30)/t27-/m0/s1. The lowest BCUT2D eigenvalue weighted by molar-refractivity contribution is 0.0185. The molecule has 5 nitrogen and oxygen atoms in total. The first kappa shape index (κ1) is 24.4. The predicted molar refractivity (Wildman–Crippen MR) is 135 cm³/mol. The molecule has 172 valence electrons. The van der Waals surface area contributed by atoms with Crippen molar-refractivity contribution in [2.45, 2.75) is 50.7 Å². The van der Waals surface area contributed by atoms with Crippen molar-refractivity contribution in [2.75, 3.05) is 5.32 Å². The zero-order valence-corrected chi connectivity index (χ0v) is 20.1. The zero-order valence-electron chi connectivity index (χ0n) is 19.2. The summed E-state index contributed by atoms with van der Waals surface area (Å²) >= 11 is 4.35. The van der Waals surface area contributed by atoms with Gasteiger partial charge in [0.2, 0.25) is 0 Å². The summed E-state index contributed by atoms with van der Waals surface area (Å²) in [7, 11) is 0. The number of alkyl carbamates (subject to hydrolysis) is 1. The zero-order chi connectivity index (χ0) is 23.8. The number of aryl methyl sites for hydroxylation is 1. The van der Waals surface area contributed by atoms with Crippen molar-refractivity contribution in [3.8, 4) is 0 Å². The average Bonchev–Trinajstić information content (AvgIpc) is 2.84. The van der Waals surface area contributed by atoms with Crippen LogP contribution in [-0.2, 0) is 23.3 Å². The van der Waals surface area contributed by atoms with E-state index in [4.69, 9.17) is 4.74 Å². The normalized spacial score (nSPS) is 12.5. The lowest BCUT2D eigenvalue weighted by Crippen LogP contribution is -2.34. The molecule has 0 unspecified atom stereocenters. The van der Waals surface area contributed by atoms with Crippen molar-refractivity contribution in [2.24, 2.45) is 0 Å². The Balaban J connectivity index is 1.56. The topological polar surface area (TPSA) is 67.4 Å². The van der Waals surface area contributed by atoms with Crippen molar-refractivity contribution in [3.05, 3.63) is 95.1 Å². The van der Waals surface area contributed by atoms with E-state index in [2.05, 4.69) is 42.3 Å². The number of benzene rings is 3. The van der Waals surface area contributed by atoms with Gasteiger partial charge in [0.1, 0.15) is 5.60 Å². The molecule has 0 aliphatic carbocycles. The molecule has 0 saturated carbocycles. The van der Waals surface area contributed by atoms with Crippen molar-refractivity contribution in [1.82, 2.24) is 5.32 Å². The Bertz CT molecular complexity index is 1100. The highest BCUT2D eigenvalue weighted by Crippen LogP contribution is 2.29. The summed E-state index contributed by atoms with van der Waals surface area (Å²) in [5.41, 5.74) is 3.55. The number of hydrogen-bond acceptors (Lipinski definition) is 4. The van der Waals surface area contributed by atoms with Gasteiger partial charge in [0.05, 0.1) is 5.69 Å². The Hall–Kier alpha value is -3.25. The van der Waals surface area contributed by atoms with Crippen LogP contribution < -0.4 is 10.6 Å². The van der Waals surface area contributed by atoms with Gasteiger partial charge in [0.25, 0.3) is 5.91 Å². The molecular formula is C27H30N2O3S. The first-order valence-corrected chi connectivity index (χ1v) is 11.5. The maximum atomic E-state index is 12.5. The maximum Gasteiger partial charge on any atom is 0.408 e. The predicted octanol–water partition coefficient (Wildman–Crippen LogP) is 6.34. The molecule has 0 saturated heterocycles. The molecule has 2 N–H and O–H groups in total. The highest BCUT2D eigenvalue weighted by atomic mass is 32.1. The van der Waals surface area contributed by atoms with Crippen molar-refractivity contribution >= 4 is 30.3 Å². The van der Waals surface area contributed by atoms with Gasteiger partial charge in [-0.15, -0.1) is 12.6 Å². The molecule has 6 heteroatoms. The van der Waals surface area contributed by atoms with Gasteiger partial charge in [-0.1, -0.05) is 62.4 Å². The lowest BCUT2D eigenvalue weighted by Gasteiger charge is -2.29. The van der Waals surface area contributed by atoms with Crippen LogP contribution in [-0.4, -0.2) is 12.0 Å². The number of hydrogen-bond donors (Lipinski definition) is 3. The Labute approximate surface area is 201 Å². The van der Waals surface area contributed by atoms with E-state index in [1.165, 1.54) is 5.56 Å². The first-order chi connectivity index (χ1) is 15.8. The van der Waals surface area contributed by atoms with Crippen molar-refractivity contribution in [1.29, 1.82) is 0 Å². The van der Waals surface area contributed by atoms with Gasteiger partial charge in [-0.2, -0.15) is 0 Å². The summed E-state index contributed by atoms with van der Waals surface area (Å²) in [4.78, 5) is 25.7. The van der Waals surface area contributed by atoms with Gasteiger partial charge < -0.3 is 15.4 Å². The van der Waals surface area contributed by atoms with Crippen LogP contribution in [0.5, 0.6) is 0 Å². The molecule has 0 aliphatic heterocycles. The van der Waals surface area contributed by atoms with E-state index in [0.717, 1.165) is 17.5 Å². The summed E-state index contributed by atoms with van der Waals surface area (Å²) in [5.74, 6) is -0.219. The monoisotopic (exact) mass is 462 g/mol. The number of carbonyl (C=O) groups excluding carboxylic acids is 2. The summed E-state index contributed by atoms with van der Waals surface area (Å²) in [6, 6.07) is 22.6. The van der Waals surface area contributed by atoms with Crippen molar-refractivity contribution < 1.29 is 14.3 Å². The van der Waals surface area contributed by atoms with Gasteiger partial charge in [-0.3, -0.25) is 4.79 Å². The molecule has 0 aliphatic rings. The van der Waals surface area contributed by atoms with Crippen LogP contribution >= 0.6 is 12.6 Å². The number of nitrogens with one attached hydrogen (secondary N) is 2. The second kappa shape index (κ2) is 11.1. The lowest BCUT2D eigenvalue weighted by atomic mass is 9.92. The Morgan fingerprint density at radius 1 is 0.909 bits per heavy atom. The molecule has 0 radical (unpaired) electrons. The number of amides is 2. The summed E-state index contributed by atoms with van der Waals surface area (Å²) in [6.45, 7) is 6.33. The van der Waals surface area contributed by atoms with Gasteiger partial charge in [-0.05, 0) is 60.7 Å². The van der Waals surface area contributed by atoms with Crippen LogP contribution in [0.15, 0.2) is 77.7 Å². The summed E-state index contributed by atoms with van der Waals surface area (Å²) < 4.78 is 5.79. The fourth-order valence-corrected chi connectivity index (χ4v) is 3.61. The van der Waals surface area contributed by atoms with E-state index in [1.807, 2.05) is 56.3 Å². The second-order valence-electron chi connectivity index (χ2n) is 8.05. The van der Waals surface area contributed by atoms with Crippen LogP contribution in [0.2, 0.25) is 0 Å². The fraction of sp³-hybridized carbons (Fsp3) is 0.259. The molecule has 0 bridgehead atoms. The number of rotatable bonds is 8. The number of thiol groups is 1. The highest BCUT2D eigenvalue weighted by Gasteiger charge is 2.29. The molecule has 3 aromatic carbocycles. The minimum Gasteiger partial charge on any atom is -0.438 e. The van der Waals surface area contributed by atoms with Crippen LogP contribution in [0.1, 0.15) is 54.2 Å². The van der Waals surface area contributed by atoms with Gasteiger partial charge in [-0.25, -0.2) is 4.79 Å². The van der Waals surface area contributed by atoms with E-state index in [1.54, 1.807) is 18.2 Å². The van der Waals surface area contributed by atoms with Crippen molar-refractivity contribution in [3.63, 3.8) is 0 Å². The summed E-state index contributed by atoms with van der Waals surface area (Å²) in [6.07, 6.45) is 1.14. The molecule has 3 rings (SSSR count). The highest BCUT2D eigenvalue weighted by molar-refractivity contribution is 7.80. The summed E-state index contributed by atoms with van der Waals surface area (Å²) in [5, 5.41) is 5.65. The van der Waals surface area contributed by atoms with Crippen LogP contribution in [0.3, 0.4) is 0 Å². The van der Waals surface area contributed by atoms with Gasteiger partial charge in [0, 0.05) is 17.0 Å². The molecular weight excluding hydrogens is 432 g/mol. The average molecular weight is 463 g/mol. The van der Waals surface area contributed by atoms with Crippen LogP contribution in [0, 0.1) is 0 Å². The van der Waals surface area contributed by atoms with E-state index >= 15 is 0 Å². The van der Waals surface area contributed by atoms with Gasteiger partial charge in [0.15, 0.2) is 0 Å². The molecule has 0 spiro atoms. The van der Waals surface area contributed by atoms with Crippen LogP contribution in [0.4, 0.5) is 10.5 Å². The van der Waals surface area contributed by atoms with E-state index in [-0.39, 0.29) is 5.91 Å². The molecule has 3 aromatic rings. The third kappa shape index (κ3) is 6.39. The minimum atomic E-state index is -0.707.